The molecule has 0 spiro atoms. The van der Waals surface area contributed by atoms with Crippen molar-refractivity contribution in [2.75, 3.05) is 18.1 Å². The molecule has 0 saturated carbocycles. The molecule has 1 aliphatic rings. The second-order valence-electron chi connectivity index (χ2n) is 4.84. The minimum absolute atomic E-state index is 0.0177. The van der Waals surface area contributed by atoms with Crippen LogP contribution in [0.1, 0.15) is 12.0 Å². The lowest BCUT2D eigenvalue weighted by molar-refractivity contribution is 0.233. The summed E-state index contributed by atoms with van der Waals surface area (Å²) in [6.45, 7) is 0.0193. The van der Waals surface area contributed by atoms with Crippen molar-refractivity contribution in [3.8, 4) is 0 Å². The molecule has 0 aliphatic carbocycles. The molecular formula is C13H19NO3S. The van der Waals surface area contributed by atoms with Gasteiger partial charge in [-0.25, -0.2) is 8.42 Å². The van der Waals surface area contributed by atoms with E-state index >= 15 is 0 Å². The maximum atomic E-state index is 11.4. The Hall–Kier alpha value is -0.910. The number of nitrogens with one attached hydrogen (secondary N) is 1. The van der Waals surface area contributed by atoms with Crippen molar-refractivity contribution in [1.29, 1.82) is 0 Å². The van der Waals surface area contributed by atoms with Gasteiger partial charge in [0.15, 0.2) is 9.84 Å². The van der Waals surface area contributed by atoms with E-state index in [1.165, 1.54) is 0 Å². The highest BCUT2D eigenvalue weighted by Crippen LogP contribution is 2.13. The molecule has 2 N–H and O–H groups in total. The molecule has 1 aromatic rings. The van der Waals surface area contributed by atoms with Gasteiger partial charge in [0.1, 0.15) is 0 Å². The molecule has 2 atom stereocenters. The summed E-state index contributed by atoms with van der Waals surface area (Å²) in [6.07, 6.45) is 1.36. The number of hydrogen-bond acceptors (Lipinski definition) is 4. The van der Waals surface area contributed by atoms with Gasteiger partial charge < -0.3 is 10.4 Å². The van der Waals surface area contributed by atoms with E-state index in [1.54, 1.807) is 0 Å². The van der Waals surface area contributed by atoms with Crippen LogP contribution in [0.15, 0.2) is 30.3 Å². The fourth-order valence-electron chi connectivity index (χ4n) is 2.33. The largest absolute Gasteiger partial charge is 0.395 e. The van der Waals surface area contributed by atoms with Crippen molar-refractivity contribution in [3.05, 3.63) is 35.9 Å². The van der Waals surface area contributed by atoms with Crippen LogP contribution in [0.5, 0.6) is 0 Å². The van der Waals surface area contributed by atoms with Gasteiger partial charge in [-0.1, -0.05) is 30.3 Å². The molecule has 5 heteroatoms. The molecule has 4 nitrogen and oxygen atoms in total. The van der Waals surface area contributed by atoms with Gasteiger partial charge in [-0.05, 0) is 18.4 Å². The topological polar surface area (TPSA) is 66.4 Å². The first-order valence-electron chi connectivity index (χ1n) is 6.20. The van der Waals surface area contributed by atoms with Gasteiger partial charge in [-0.2, -0.15) is 0 Å². The Morgan fingerprint density at radius 1 is 1.33 bits per heavy atom. The Balaban J connectivity index is 1.90. The molecule has 0 bridgehead atoms. The van der Waals surface area contributed by atoms with Crippen LogP contribution in [0.4, 0.5) is 0 Å². The molecule has 1 heterocycles. The van der Waals surface area contributed by atoms with Crippen molar-refractivity contribution in [2.24, 2.45) is 0 Å². The van der Waals surface area contributed by atoms with E-state index in [-0.39, 0.29) is 30.2 Å². The van der Waals surface area contributed by atoms with E-state index < -0.39 is 9.84 Å². The minimum atomic E-state index is -2.87. The molecule has 0 amide bonds. The summed E-state index contributed by atoms with van der Waals surface area (Å²) >= 11 is 0. The number of benzene rings is 1. The molecule has 100 valence electrons. The number of aliphatic hydroxyl groups is 1. The summed E-state index contributed by atoms with van der Waals surface area (Å²) in [5.74, 6) is 0.451. The van der Waals surface area contributed by atoms with Gasteiger partial charge in [0.05, 0.1) is 18.1 Å². The first-order chi connectivity index (χ1) is 8.59. The van der Waals surface area contributed by atoms with Gasteiger partial charge in [-0.15, -0.1) is 0 Å². The standard InChI is InChI=1S/C13H19NO3S/c15-9-13(8-11-4-2-1-3-5-11)14-12-6-7-18(16,17)10-12/h1-5,12-15H,6-10H2. The van der Waals surface area contributed by atoms with Gasteiger partial charge in [0, 0.05) is 12.1 Å². The number of aliphatic hydroxyl groups excluding tert-OH is 1. The van der Waals surface area contributed by atoms with E-state index in [0.717, 1.165) is 5.56 Å². The Labute approximate surface area is 108 Å². The molecule has 2 rings (SSSR count). The average molecular weight is 269 g/mol. The smallest absolute Gasteiger partial charge is 0.151 e. The molecule has 1 saturated heterocycles. The van der Waals surface area contributed by atoms with E-state index in [9.17, 15) is 13.5 Å². The van der Waals surface area contributed by atoms with E-state index in [1.807, 2.05) is 30.3 Å². The third-order valence-electron chi connectivity index (χ3n) is 3.25. The fourth-order valence-corrected chi connectivity index (χ4v) is 4.02. The van der Waals surface area contributed by atoms with Crippen LogP contribution in [0.25, 0.3) is 0 Å². The first kappa shape index (κ1) is 13.5. The van der Waals surface area contributed by atoms with Gasteiger partial charge in [-0.3, -0.25) is 0 Å². The summed E-state index contributed by atoms with van der Waals surface area (Å²) in [4.78, 5) is 0. The van der Waals surface area contributed by atoms with E-state index in [0.29, 0.717) is 12.8 Å². The minimum Gasteiger partial charge on any atom is -0.395 e. The SMILES string of the molecule is O=S1(=O)CCC(NC(CO)Cc2ccccc2)C1. The lowest BCUT2D eigenvalue weighted by Gasteiger charge is -2.20. The van der Waals surface area contributed by atoms with Crippen LogP contribution in [0.3, 0.4) is 0 Å². The van der Waals surface area contributed by atoms with Crippen LogP contribution in [0.2, 0.25) is 0 Å². The van der Waals surface area contributed by atoms with Crippen molar-refractivity contribution in [1.82, 2.24) is 5.32 Å². The third-order valence-corrected chi connectivity index (χ3v) is 5.02. The van der Waals surface area contributed by atoms with Gasteiger partial charge in [0.2, 0.25) is 0 Å². The lowest BCUT2D eigenvalue weighted by Crippen LogP contribution is -2.42. The number of rotatable bonds is 5. The van der Waals surface area contributed by atoms with Crippen molar-refractivity contribution in [2.45, 2.75) is 24.9 Å². The predicted molar refractivity (Wildman–Crippen MR) is 71.2 cm³/mol. The fraction of sp³-hybridized carbons (Fsp3) is 0.538. The number of sulfone groups is 1. The highest BCUT2D eigenvalue weighted by Gasteiger charge is 2.29. The van der Waals surface area contributed by atoms with Crippen molar-refractivity contribution in [3.63, 3.8) is 0 Å². The Morgan fingerprint density at radius 2 is 2.06 bits per heavy atom. The van der Waals surface area contributed by atoms with Crippen LogP contribution in [-0.4, -0.2) is 43.7 Å². The molecule has 1 aliphatic heterocycles. The molecule has 1 aromatic carbocycles. The zero-order valence-corrected chi connectivity index (χ0v) is 11.1. The Kier molecular flexibility index (Phi) is 4.37. The van der Waals surface area contributed by atoms with E-state index in [2.05, 4.69) is 5.32 Å². The van der Waals surface area contributed by atoms with Gasteiger partial charge in [0.25, 0.3) is 0 Å². The molecule has 1 fully saturated rings. The second kappa shape index (κ2) is 5.82. The summed E-state index contributed by atoms with van der Waals surface area (Å²) in [7, 11) is -2.87. The summed E-state index contributed by atoms with van der Waals surface area (Å²) < 4.78 is 22.7. The predicted octanol–water partition coefficient (Wildman–Crippen LogP) is 0.367. The molecular weight excluding hydrogens is 250 g/mol. The molecule has 18 heavy (non-hydrogen) atoms. The molecule has 0 radical (unpaired) electrons. The number of hydrogen-bond donors (Lipinski definition) is 2. The van der Waals surface area contributed by atoms with Crippen LogP contribution >= 0.6 is 0 Å². The Morgan fingerprint density at radius 3 is 2.61 bits per heavy atom. The summed E-state index contributed by atoms with van der Waals surface area (Å²) in [5.41, 5.74) is 1.14. The monoisotopic (exact) mass is 269 g/mol. The van der Waals surface area contributed by atoms with Crippen LogP contribution in [-0.2, 0) is 16.3 Å². The Bertz CT molecular complexity index is 472. The zero-order valence-electron chi connectivity index (χ0n) is 10.2. The zero-order chi connectivity index (χ0) is 13.0. The van der Waals surface area contributed by atoms with E-state index in [4.69, 9.17) is 0 Å². The lowest BCUT2D eigenvalue weighted by atomic mass is 10.1. The van der Waals surface area contributed by atoms with Crippen LogP contribution in [0, 0.1) is 0 Å². The third kappa shape index (κ3) is 3.80. The second-order valence-corrected chi connectivity index (χ2v) is 7.06. The average Bonchev–Trinajstić information content (AvgIpc) is 2.69. The molecule has 2 unspecified atom stereocenters. The highest BCUT2D eigenvalue weighted by atomic mass is 32.2. The van der Waals surface area contributed by atoms with Gasteiger partial charge >= 0.3 is 0 Å². The van der Waals surface area contributed by atoms with Crippen LogP contribution < -0.4 is 5.32 Å². The quantitative estimate of drug-likeness (QED) is 0.810. The first-order valence-corrected chi connectivity index (χ1v) is 8.02. The maximum absolute atomic E-state index is 11.4. The normalized spacial score (nSPS) is 23.9. The maximum Gasteiger partial charge on any atom is 0.151 e. The molecule has 0 aromatic heterocycles. The van der Waals surface area contributed by atoms with Crippen molar-refractivity contribution < 1.29 is 13.5 Å². The summed E-state index contributed by atoms with van der Waals surface area (Å²) in [5, 5.41) is 12.6. The summed E-state index contributed by atoms with van der Waals surface area (Å²) in [6, 6.07) is 9.80. The van der Waals surface area contributed by atoms with Crippen molar-refractivity contribution >= 4 is 9.84 Å². The highest BCUT2D eigenvalue weighted by molar-refractivity contribution is 7.91.